The summed E-state index contributed by atoms with van der Waals surface area (Å²) < 4.78 is 0.938. The molecule has 0 amide bonds. The predicted molar refractivity (Wildman–Crippen MR) is 98.7 cm³/mol. The average Bonchev–Trinajstić information content (AvgIpc) is 3.22. The topological polar surface area (TPSA) is 53.6 Å². The standard InChI is InChI=1S/C17H13BrN4S/c18-12-8-15-17(20-9-12)22-16(21-15)11-3-5-13(6-4-11)19-10-14-2-1-7-23-14/h1-9,19H,10H2,(H,20,21,22). The fourth-order valence-electron chi connectivity index (χ4n) is 2.36. The number of anilines is 1. The molecule has 3 aromatic heterocycles. The second-order valence-corrected chi connectivity index (χ2v) is 7.07. The normalized spacial score (nSPS) is 11.0. The number of hydrogen-bond acceptors (Lipinski definition) is 4. The van der Waals surface area contributed by atoms with Crippen LogP contribution in [0.4, 0.5) is 5.69 Å². The average molecular weight is 385 g/mol. The molecule has 0 spiro atoms. The zero-order chi connectivity index (χ0) is 15.6. The number of aromatic amines is 1. The molecule has 114 valence electrons. The summed E-state index contributed by atoms with van der Waals surface area (Å²) in [5.41, 5.74) is 3.79. The van der Waals surface area contributed by atoms with Crippen LogP contribution in [0.25, 0.3) is 22.6 Å². The van der Waals surface area contributed by atoms with Crippen molar-refractivity contribution in [3.05, 3.63) is 63.4 Å². The van der Waals surface area contributed by atoms with E-state index in [1.54, 1.807) is 17.5 Å². The minimum absolute atomic E-state index is 0.725. The maximum Gasteiger partial charge on any atom is 0.178 e. The molecule has 0 saturated carbocycles. The van der Waals surface area contributed by atoms with Crippen molar-refractivity contribution in [2.75, 3.05) is 5.32 Å². The highest BCUT2D eigenvalue weighted by Gasteiger charge is 2.06. The molecule has 23 heavy (non-hydrogen) atoms. The Kier molecular flexibility index (Phi) is 3.85. The van der Waals surface area contributed by atoms with Crippen molar-refractivity contribution < 1.29 is 0 Å². The van der Waals surface area contributed by atoms with Gasteiger partial charge < -0.3 is 10.3 Å². The van der Waals surface area contributed by atoms with Gasteiger partial charge in [-0.25, -0.2) is 9.97 Å². The molecule has 0 saturated heterocycles. The van der Waals surface area contributed by atoms with E-state index in [4.69, 9.17) is 0 Å². The third-order valence-electron chi connectivity index (χ3n) is 3.51. The monoisotopic (exact) mass is 384 g/mol. The minimum Gasteiger partial charge on any atom is -0.380 e. The first-order valence-corrected chi connectivity index (χ1v) is 8.83. The Balaban J connectivity index is 1.54. The molecule has 0 aliphatic carbocycles. The predicted octanol–water partition coefficient (Wildman–Crippen LogP) is 5.06. The third-order valence-corrected chi connectivity index (χ3v) is 4.82. The lowest BCUT2D eigenvalue weighted by molar-refractivity contribution is 1.19. The molecule has 0 radical (unpaired) electrons. The number of pyridine rings is 1. The van der Waals surface area contributed by atoms with E-state index in [2.05, 4.69) is 78.0 Å². The molecular formula is C17H13BrN4S. The lowest BCUT2D eigenvalue weighted by atomic mass is 10.2. The van der Waals surface area contributed by atoms with Crippen molar-refractivity contribution in [1.82, 2.24) is 15.0 Å². The Labute approximate surface area is 145 Å². The van der Waals surface area contributed by atoms with Crippen LogP contribution < -0.4 is 5.32 Å². The van der Waals surface area contributed by atoms with Gasteiger partial charge in [-0.15, -0.1) is 11.3 Å². The molecule has 0 atom stereocenters. The van der Waals surface area contributed by atoms with Crippen molar-refractivity contribution in [3.63, 3.8) is 0 Å². The molecule has 4 rings (SSSR count). The molecule has 0 unspecified atom stereocenters. The molecule has 0 fully saturated rings. The summed E-state index contributed by atoms with van der Waals surface area (Å²) in [5.74, 6) is 0.829. The van der Waals surface area contributed by atoms with Gasteiger partial charge in [0.15, 0.2) is 5.65 Å². The molecule has 4 aromatic rings. The summed E-state index contributed by atoms with van der Waals surface area (Å²) in [6.45, 7) is 0.847. The largest absolute Gasteiger partial charge is 0.380 e. The van der Waals surface area contributed by atoms with E-state index >= 15 is 0 Å². The number of thiophene rings is 1. The first kappa shape index (κ1) is 14.4. The van der Waals surface area contributed by atoms with E-state index < -0.39 is 0 Å². The van der Waals surface area contributed by atoms with E-state index in [0.717, 1.165) is 39.3 Å². The van der Waals surface area contributed by atoms with Gasteiger partial charge in [0.05, 0.1) is 5.52 Å². The summed E-state index contributed by atoms with van der Waals surface area (Å²) in [6.07, 6.45) is 1.75. The van der Waals surface area contributed by atoms with Gasteiger partial charge in [-0.3, -0.25) is 0 Å². The number of aromatic nitrogens is 3. The lowest BCUT2D eigenvalue weighted by Crippen LogP contribution is -1.96. The maximum absolute atomic E-state index is 4.53. The van der Waals surface area contributed by atoms with Crippen LogP contribution in [0, 0.1) is 0 Å². The van der Waals surface area contributed by atoms with E-state index in [9.17, 15) is 0 Å². The Morgan fingerprint density at radius 2 is 2.04 bits per heavy atom. The zero-order valence-corrected chi connectivity index (χ0v) is 14.5. The Morgan fingerprint density at radius 1 is 1.17 bits per heavy atom. The van der Waals surface area contributed by atoms with Gasteiger partial charge in [0.2, 0.25) is 0 Å². The highest BCUT2D eigenvalue weighted by molar-refractivity contribution is 9.10. The third kappa shape index (κ3) is 3.13. The SMILES string of the molecule is Brc1cnc2nc(-c3ccc(NCc4cccs4)cc3)[nH]c2c1. The van der Waals surface area contributed by atoms with Crippen LogP contribution in [0.3, 0.4) is 0 Å². The minimum atomic E-state index is 0.725. The number of hydrogen-bond donors (Lipinski definition) is 2. The van der Waals surface area contributed by atoms with Gasteiger partial charge in [0, 0.05) is 33.3 Å². The van der Waals surface area contributed by atoms with Gasteiger partial charge >= 0.3 is 0 Å². The van der Waals surface area contributed by atoms with Gasteiger partial charge in [-0.2, -0.15) is 0 Å². The van der Waals surface area contributed by atoms with Gasteiger partial charge in [0.25, 0.3) is 0 Å². The van der Waals surface area contributed by atoms with Gasteiger partial charge in [-0.05, 0) is 57.7 Å². The summed E-state index contributed by atoms with van der Waals surface area (Å²) in [4.78, 5) is 13.5. The highest BCUT2D eigenvalue weighted by Crippen LogP contribution is 2.23. The van der Waals surface area contributed by atoms with E-state index in [1.807, 2.05) is 6.07 Å². The number of nitrogens with zero attached hydrogens (tertiary/aromatic N) is 2. The van der Waals surface area contributed by atoms with Crippen LogP contribution in [-0.2, 0) is 6.54 Å². The van der Waals surface area contributed by atoms with Crippen molar-refractivity contribution in [2.45, 2.75) is 6.54 Å². The molecule has 1 aromatic carbocycles. The number of H-pyrrole nitrogens is 1. The van der Waals surface area contributed by atoms with Gasteiger partial charge in [-0.1, -0.05) is 6.07 Å². The molecule has 0 aliphatic heterocycles. The molecule has 4 nitrogen and oxygen atoms in total. The zero-order valence-electron chi connectivity index (χ0n) is 12.1. The van der Waals surface area contributed by atoms with Crippen LogP contribution in [0.2, 0.25) is 0 Å². The molecule has 0 aliphatic rings. The second-order valence-electron chi connectivity index (χ2n) is 5.12. The quantitative estimate of drug-likeness (QED) is 0.516. The number of nitrogens with one attached hydrogen (secondary N) is 2. The fourth-order valence-corrected chi connectivity index (χ4v) is 3.34. The van der Waals surface area contributed by atoms with Crippen molar-refractivity contribution >= 4 is 44.1 Å². The number of benzene rings is 1. The molecular weight excluding hydrogens is 372 g/mol. The lowest BCUT2D eigenvalue weighted by Gasteiger charge is -2.05. The number of halogens is 1. The van der Waals surface area contributed by atoms with Crippen LogP contribution >= 0.6 is 27.3 Å². The second kappa shape index (κ2) is 6.14. The van der Waals surface area contributed by atoms with E-state index in [-0.39, 0.29) is 0 Å². The van der Waals surface area contributed by atoms with Crippen molar-refractivity contribution in [1.29, 1.82) is 0 Å². The number of rotatable bonds is 4. The van der Waals surface area contributed by atoms with Crippen LogP contribution in [-0.4, -0.2) is 15.0 Å². The fraction of sp³-hybridized carbons (Fsp3) is 0.0588. The number of fused-ring (bicyclic) bond motifs is 1. The molecule has 2 N–H and O–H groups in total. The highest BCUT2D eigenvalue weighted by atomic mass is 79.9. The van der Waals surface area contributed by atoms with Crippen molar-refractivity contribution in [2.24, 2.45) is 0 Å². The Hall–Kier alpha value is -2.18. The van der Waals surface area contributed by atoms with Crippen LogP contribution in [0.15, 0.2) is 58.5 Å². The van der Waals surface area contributed by atoms with Crippen molar-refractivity contribution in [3.8, 4) is 11.4 Å². The summed E-state index contributed by atoms with van der Waals surface area (Å²) >= 11 is 5.18. The van der Waals surface area contributed by atoms with E-state index in [0.29, 0.717) is 0 Å². The van der Waals surface area contributed by atoms with Gasteiger partial charge in [0.1, 0.15) is 5.82 Å². The summed E-state index contributed by atoms with van der Waals surface area (Å²) in [5, 5.41) is 5.51. The Bertz CT molecular complexity index is 929. The number of imidazole rings is 1. The first-order valence-electron chi connectivity index (χ1n) is 7.16. The Morgan fingerprint density at radius 3 is 2.83 bits per heavy atom. The smallest absolute Gasteiger partial charge is 0.178 e. The van der Waals surface area contributed by atoms with Crippen LogP contribution in [0.5, 0.6) is 0 Å². The molecule has 3 heterocycles. The van der Waals surface area contributed by atoms with Crippen LogP contribution in [0.1, 0.15) is 4.88 Å². The molecule has 0 bridgehead atoms. The maximum atomic E-state index is 4.53. The van der Waals surface area contributed by atoms with E-state index in [1.165, 1.54) is 4.88 Å². The first-order chi connectivity index (χ1) is 11.3. The molecule has 6 heteroatoms. The summed E-state index contributed by atoms with van der Waals surface area (Å²) in [7, 11) is 0. The summed E-state index contributed by atoms with van der Waals surface area (Å²) in [6, 6.07) is 14.4.